The normalized spacial score (nSPS) is 25.6. The van der Waals surface area contributed by atoms with Crippen molar-refractivity contribution in [3.8, 4) is 0 Å². The molecule has 0 aliphatic carbocycles. The summed E-state index contributed by atoms with van der Waals surface area (Å²) in [6.45, 7) is 12.0. The van der Waals surface area contributed by atoms with E-state index in [1.165, 1.54) is 0 Å². The number of nitrogen functional groups attached to an aromatic ring is 1. The molecule has 6 rings (SSSR count). The molecule has 5 N–H and O–H groups in total. The van der Waals surface area contributed by atoms with Gasteiger partial charge < -0.3 is 25.4 Å². The van der Waals surface area contributed by atoms with E-state index in [9.17, 15) is 28.8 Å². The molecule has 4 saturated heterocycles. The van der Waals surface area contributed by atoms with Crippen LogP contribution < -0.4 is 21.7 Å². The number of ether oxygens (including phenoxy) is 2. The molecule has 4 fully saturated rings. The lowest BCUT2D eigenvalue weighted by molar-refractivity contribution is -0.148. The largest absolute Gasteiger partial charge is 0.398 e. The first-order valence-corrected chi connectivity index (χ1v) is 17.3. The van der Waals surface area contributed by atoms with Gasteiger partial charge in [0.15, 0.2) is 0 Å². The molecule has 14 heteroatoms. The average molecular weight is 726 g/mol. The summed E-state index contributed by atoms with van der Waals surface area (Å²) < 4.78 is 11.7. The van der Waals surface area contributed by atoms with Crippen LogP contribution in [0.25, 0.3) is 0 Å². The number of nitrogens with zero attached hydrogens (tertiary/aromatic N) is 1. The van der Waals surface area contributed by atoms with Crippen molar-refractivity contribution in [3.05, 3.63) is 65.2 Å². The number of carbonyl (C=O) groups is 6. The van der Waals surface area contributed by atoms with Gasteiger partial charge in [-0.1, -0.05) is 30.3 Å². The molecule has 2 aromatic carbocycles. The van der Waals surface area contributed by atoms with Gasteiger partial charge in [0.2, 0.25) is 23.6 Å². The molecule has 276 valence electrons. The number of aryl methyl sites for hydroxylation is 1. The zero-order valence-electron chi connectivity index (χ0n) is 29.9. The van der Waals surface area contributed by atoms with Gasteiger partial charge in [-0.25, -0.2) is 0 Å². The van der Waals surface area contributed by atoms with E-state index in [0.717, 1.165) is 12.1 Å². The van der Waals surface area contributed by atoms with Gasteiger partial charge in [-0.05, 0) is 82.8 Å². The highest BCUT2D eigenvalue weighted by atomic mass is 35.5. The number of nitrogens with two attached hydrogens (primary N) is 1. The zero-order chi connectivity index (χ0) is 37.6. The van der Waals surface area contributed by atoms with Crippen LogP contribution in [0.4, 0.5) is 5.69 Å². The predicted molar refractivity (Wildman–Crippen MR) is 191 cm³/mol. The quantitative estimate of drug-likeness (QED) is 0.204. The van der Waals surface area contributed by atoms with Crippen LogP contribution in [0.2, 0.25) is 0 Å². The molecule has 2 unspecified atom stereocenters. The number of halogens is 1. The minimum atomic E-state index is -0.916. The number of amides is 5. The molecule has 4 heterocycles. The van der Waals surface area contributed by atoms with Gasteiger partial charge in [0.25, 0.3) is 11.1 Å². The molecule has 4 aliphatic heterocycles. The van der Waals surface area contributed by atoms with Crippen LogP contribution in [0.5, 0.6) is 0 Å². The van der Waals surface area contributed by atoms with Crippen LogP contribution in [-0.2, 0) is 28.7 Å². The van der Waals surface area contributed by atoms with Gasteiger partial charge in [-0.15, -0.1) is 0 Å². The van der Waals surface area contributed by atoms with Crippen LogP contribution in [0, 0.1) is 17.8 Å². The molecule has 2 spiro atoms. The Bertz CT molecular complexity index is 1680. The van der Waals surface area contributed by atoms with Crippen molar-refractivity contribution in [1.29, 1.82) is 0 Å². The maximum atomic E-state index is 13.0. The van der Waals surface area contributed by atoms with E-state index in [0.29, 0.717) is 55.8 Å². The molecule has 2 atom stereocenters. The number of hydrogen-bond donors (Lipinski definition) is 4. The second kappa shape index (κ2) is 16.0. The van der Waals surface area contributed by atoms with E-state index in [1.807, 2.05) is 46.8 Å². The number of para-hydroxylation sites is 1. The fourth-order valence-corrected chi connectivity index (χ4v) is 6.53. The van der Waals surface area contributed by atoms with Crippen molar-refractivity contribution >= 4 is 52.1 Å². The Morgan fingerprint density at radius 3 is 1.82 bits per heavy atom. The molecule has 0 aromatic heterocycles. The smallest absolute Gasteiger partial charge is 0.256 e. The summed E-state index contributed by atoms with van der Waals surface area (Å²) in [6, 6.07) is 14.1. The first-order chi connectivity index (χ1) is 23.9. The molecular formula is C37H48ClN5O8. The minimum Gasteiger partial charge on any atom is -0.398 e. The number of benzene rings is 2. The highest BCUT2D eigenvalue weighted by Gasteiger charge is 2.49. The second-order valence-corrected chi connectivity index (χ2v) is 15.2. The topological polar surface area (TPSA) is 186 Å². The number of hydrogen-bond acceptors (Lipinski definition) is 10. The fourth-order valence-electron chi connectivity index (χ4n) is 6.31. The standard InChI is InChI=1S/C18H23N3O4.C11H18N2O3.C8H7ClO/c1-17(2)9-21(15(23)12-5-3-4-6-13(12)19)10-18(11-25-17)8-7-14(22)20-16(18)24;1-10(2)5-12-6-11(7-16-10)4-3-8(14)13-9(11)15;1-6-4-2-3-5-7(6)8(9)10/h3-6H,7-11,19H2,1-2H3,(H,20,22,24);12H,3-7H2,1-2H3,(H,13,14,15);2-5H,1H3. The van der Waals surface area contributed by atoms with Crippen molar-refractivity contribution in [2.75, 3.05) is 45.1 Å². The summed E-state index contributed by atoms with van der Waals surface area (Å²) in [6.07, 6.45) is 1.57. The summed E-state index contributed by atoms with van der Waals surface area (Å²) in [5, 5.41) is 7.64. The molecule has 13 nitrogen and oxygen atoms in total. The molecule has 0 saturated carbocycles. The number of carbonyl (C=O) groups excluding carboxylic acids is 6. The number of anilines is 1. The Morgan fingerprint density at radius 2 is 1.27 bits per heavy atom. The van der Waals surface area contributed by atoms with Crippen molar-refractivity contribution in [2.24, 2.45) is 10.8 Å². The molecule has 5 amide bonds. The van der Waals surface area contributed by atoms with Crippen molar-refractivity contribution in [1.82, 2.24) is 20.9 Å². The first-order valence-electron chi connectivity index (χ1n) is 16.9. The van der Waals surface area contributed by atoms with Crippen LogP contribution in [-0.4, -0.2) is 90.3 Å². The summed E-state index contributed by atoms with van der Waals surface area (Å²) in [5.74, 6) is -1.28. The van der Waals surface area contributed by atoms with E-state index in [1.54, 1.807) is 41.3 Å². The van der Waals surface area contributed by atoms with Crippen LogP contribution >= 0.6 is 11.6 Å². The van der Waals surface area contributed by atoms with Gasteiger partial charge >= 0.3 is 0 Å². The SMILES string of the molecule is CC1(C)CN(C(=O)c2ccccc2N)CC2(CCC(=O)NC2=O)CO1.CC1(C)CNCC2(CCC(=O)NC2=O)CO1.Cc1ccccc1C(=O)Cl. The minimum absolute atomic E-state index is 0.174. The lowest BCUT2D eigenvalue weighted by Gasteiger charge is -2.36. The van der Waals surface area contributed by atoms with Crippen LogP contribution in [0.15, 0.2) is 48.5 Å². The monoisotopic (exact) mass is 725 g/mol. The number of rotatable bonds is 2. The second-order valence-electron chi connectivity index (χ2n) is 14.9. The Balaban J connectivity index is 0.000000191. The molecule has 51 heavy (non-hydrogen) atoms. The van der Waals surface area contributed by atoms with E-state index >= 15 is 0 Å². The van der Waals surface area contributed by atoms with Gasteiger partial charge in [0.1, 0.15) is 0 Å². The Kier molecular flexibility index (Phi) is 12.4. The molecule has 4 aliphatic rings. The van der Waals surface area contributed by atoms with Crippen molar-refractivity contribution in [2.45, 2.75) is 71.5 Å². The zero-order valence-corrected chi connectivity index (χ0v) is 30.6. The van der Waals surface area contributed by atoms with E-state index in [2.05, 4.69) is 16.0 Å². The van der Waals surface area contributed by atoms with Gasteiger partial charge in [0.05, 0.1) is 40.8 Å². The summed E-state index contributed by atoms with van der Waals surface area (Å²) in [7, 11) is 0. The predicted octanol–water partition coefficient (Wildman–Crippen LogP) is 3.12. The van der Waals surface area contributed by atoms with Crippen LogP contribution in [0.3, 0.4) is 0 Å². The maximum absolute atomic E-state index is 13.0. The Labute approximate surface area is 303 Å². The number of imide groups is 2. The Morgan fingerprint density at radius 1 is 0.745 bits per heavy atom. The molecule has 0 bridgehead atoms. The third-order valence-corrected chi connectivity index (χ3v) is 9.73. The third-order valence-electron chi connectivity index (χ3n) is 9.52. The van der Waals surface area contributed by atoms with Crippen molar-refractivity contribution in [3.63, 3.8) is 0 Å². The molecular weight excluding hydrogens is 678 g/mol. The van der Waals surface area contributed by atoms with Gasteiger partial charge in [-0.3, -0.25) is 39.4 Å². The summed E-state index contributed by atoms with van der Waals surface area (Å²) in [5.41, 5.74) is 5.91. The van der Waals surface area contributed by atoms with E-state index in [4.69, 9.17) is 26.8 Å². The third kappa shape index (κ3) is 10.0. The average Bonchev–Trinajstić information content (AvgIpc) is 3.31. The lowest BCUT2D eigenvalue weighted by Crippen LogP contribution is -2.55. The highest BCUT2D eigenvalue weighted by molar-refractivity contribution is 6.67. The first kappa shape index (κ1) is 39.6. The number of nitrogens with one attached hydrogen (secondary N) is 3. The summed E-state index contributed by atoms with van der Waals surface area (Å²) in [4.78, 5) is 72.4. The maximum Gasteiger partial charge on any atom is 0.256 e. The Hall–Kier alpha value is -4.17. The molecule has 2 aromatic rings. The van der Waals surface area contributed by atoms with Crippen LogP contribution in [0.1, 0.15) is 79.7 Å². The van der Waals surface area contributed by atoms with E-state index in [-0.39, 0.29) is 54.7 Å². The number of piperidine rings is 2. The fraction of sp³-hybridized carbons (Fsp3) is 0.514. The lowest BCUT2D eigenvalue weighted by atomic mass is 9.79. The van der Waals surface area contributed by atoms with Crippen molar-refractivity contribution < 1.29 is 38.2 Å². The highest BCUT2D eigenvalue weighted by Crippen LogP contribution is 2.35. The summed E-state index contributed by atoms with van der Waals surface area (Å²) >= 11 is 5.27. The van der Waals surface area contributed by atoms with Gasteiger partial charge in [-0.2, -0.15) is 0 Å². The van der Waals surface area contributed by atoms with E-state index < -0.39 is 21.7 Å². The molecule has 0 radical (unpaired) electrons. The van der Waals surface area contributed by atoms with Gasteiger partial charge in [0, 0.05) is 50.3 Å².